The van der Waals surface area contributed by atoms with Crippen LogP contribution in [-0.4, -0.2) is 16.5 Å². The second kappa shape index (κ2) is 7.22. The summed E-state index contributed by atoms with van der Waals surface area (Å²) in [5.74, 6) is 1.78. The minimum atomic E-state index is 0.472. The summed E-state index contributed by atoms with van der Waals surface area (Å²) in [7, 11) is 0. The van der Waals surface area contributed by atoms with Gasteiger partial charge in [0.15, 0.2) is 0 Å². The van der Waals surface area contributed by atoms with Gasteiger partial charge in [-0.25, -0.2) is 4.98 Å². The van der Waals surface area contributed by atoms with Gasteiger partial charge in [-0.2, -0.15) is 0 Å². The van der Waals surface area contributed by atoms with E-state index in [1.807, 2.05) is 0 Å². The van der Waals surface area contributed by atoms with E-state index in [9.17, 15) is 0 Å². The molecule has 0 atom stereocenters. The maximum Gasteiger partial charge on any atom is 0.237 e. The highest BCUT2D eigenvalue weighted by Gasteiger charge is 2.01. The van der Waals surface area contributed by atoms with Crippen molar-refractivity contribution in [3.8, 4) is 11.6 Å². The number of hydrogen-bond donors (Lipinski definition) is 1. The number of benzene rings is 1. The molecule has 0 saturated carbocycles. The second-order valence-corrected chi connectivity index (χ2v) is 5.36. The highest BCUT2D eigenvalue weighted by atomic mass is 35.5. The number of nitrogens with zero attached hydrogens (tertiary/aromatic N) is 2. The topological polar surface area (TPSA) is 47.0 Å². The van der Waals surface area contributed by atoms with E-state index in [0.29, 0.717) is 29.1 Å². The molecule has 0 bridgehead atoms. The lowest BCUT2D eigenvalue weighted by Gasteiger charge is -2.07. The van der Waals surface area contributed by atoms with E-state index in [1.54, 1.807) is 36.7 Å². The third-order valence-corrected chi connectivity index (χ3v) is 2.83. The fourth-order valence-electron chi connectivity index (χ4n) is 1.60. The van der Waals surface area contributed by atoms with E-state index in [4.69, 9.17) is 16.3 Å². The van der Waals surface area contributed by atoms with Crippen LogP contribution in [0.1, 0.15) is 19.5 Å². The van der Waals surface area contributed by atoms with Crippen LogP contribution >= 0.6 is 11.6 Å². The molecule has 0 unspecified atom stereocenters. The summed E-state index contributed by atoms with van der Waals surface area (Å²) >= 11 is 5.82. The van der Waals surface area contributed by atoms with Crippen LogP contribution in [0.4, 0.5) is 0 Å². The number of rotatable bonds is 6. The molecule has 0 aliphatic carbocycles. The summed E-state index contributed by atoms with van der Waals surface area (Å²) in [6, 6.07) is 7.13. The average molecular weight is 292 g/mol. The van der Waals surface area contributed by atoms with Gasteiger partial charge in [-0.05, 0) is 36.7 Å². The standard InChI is InChI=1S/C15H18ClN3O/c1-11(2)7-17-8-13-9-19-15(10-18-13)20-14-5-3-12(16)4-6-14/h3-6,9-11,17H,7-8H2,1-2H3. The largest absolute Gasteiger partial charge is 0.438 e. The van der Waals surface area contributed by atoms with Gasteiger partial charge in [-0.15, -0.1) is 0 Å². The summed E-state index contributed by atoms with van der Waals surface area (Å²) in [4.78, 5) is 8.55. The monoisotopic (exact) mass is 291 g/mol. The van der Waals surface area contributed by atoms with Gasteiger partial charge in [0.05, 0.1) is 18.1 Å². The Bertz CT molecular complexity index is 526. The molecule has 5 heteroatoms. The highest BCUT2D eigenvalue weighted by molar-refractivity contribution is 6.30. The summed E-state index contributed by atoms with van der Waals surface area (Å²) < 4.78 is 5.58. The van der Waals surface area contributed by atoms with Crippen molar-refractivity contribution >= 4 is 11.6 Å². The minimum Gasteiger partial charge on any atom is -0.438 e. The molecule has 0 radical (unpaired) electrons. The van der Waals surface area contributed by atoms with E-state index < -0.39 is 0 Å². The summed E-state index contributed by atoms with van der Waals surface area (Å²) in [5.41, 5.74) is 0.897. The molecule has 0 aliphatic heterocycles. The van der Waals surface area contributed by atoms with E-state index in [2.05, 4.69) is 29.1 Å². The molecular formula is C15H18ClN3O. The van der Waals surface area contributed by atoms with Gasteiger partial charge >= 0.3 is 0 Å². The second-order valence-electron chi connectivity index (χ2n) is 4.93. The fraction of sp³-hybridized carbons (Fsp3) is 0.333. The molecule has 20 heavy (non-hydrogen) atoms. The van der Waals surface area contributed by atoms with Crippen LogP contribution in [0, 0.1) is 5.92 Å². The van der Waals surface area contributed by atoms with E-state index in [1.165, 1.54) is 0 Å². The Morgan fingerprint density at radius 2 is 1.90 bits per heavy atom. The Morgan fingerprint density at radius 1 is 1.15 bits per heavy atom. The molecule has 1 N–H and O–H groups in total. The first kappa shape index (κ1) is 14.8. The number of hydrogen-bond acceptors (Lipinski definition) is 4. The van der Waals surface area contributed by atoms with Gasteiger partial charge < -0.3 is 10.1 Å². The molecule has 0 spiro atoms. The van der Waals surface area contributed by atoms with Crippen molar-refractivity contribution in [1.82, 2.24) is 15.3 Å². The molecule has 2 rings (SSSR count). The van der Waals surface area contributed by atoms with Crippen molar-refractivity contribution in [2.75, 3.05) is 6.54 Å². The maximum absolute atomic E-state index is 5.82. The molecule has 1 aromatic carbocycles. The Morgan fingerprint density at radius 3 is 2.50 bits per heavy atom. The normalized spacial score (nSPS) is 10.8. The van der Waals surface area contributed by atoms with Gasteiger partial charge in [-0.3, -0.25) is 4.98 Å². The average Bonchev–Trinajstić information content (AvgIpc) is 2.43. The van der Waals surface area contributed by atoms with Crippen LogP contribution < -0.4 is 10.1 Å². The highest BCUT2D eigenvalue weighted by Crippen LogP contribution is 2.20. The summed E-state index contributed by atoms with van der Waals surface area (Å²) in [6.07, 6.45) is 3.35. The van der Waals surface area contributed by atoms with Crippen LogP contribution in [0.25, 0.3) is 0 Å². The van der Waals surface area contributed by atoms with E-state index >= 15 is 0 Å². The molecule has 4 nitrogen and oxygen atoms in total. The summed E-state index contributed by atoms with van der Waals surface area (Å²) in [5, 5.41) is 3.99. The Labute approximate surface area is 124 Å². The smallest absolute Gasteiger partial charge is 0.237 e. The molecule has 1 heterocycles. The molecule has 0 fully saturated rings. The fourth-order valence-corrected chi connectivity index (χ4v) is 1.73. The van der Waals surface area contributed by atoms with Crippen molar-refractivity contribution < 1.29 is 4.74 Å². The van der Waals surface area contributed by atoms with Crippen molar-refractivity contribution in [2.45, 2.75) is 20.4 Å². The third kappa shape index (κ3) is 4.79. The van der Waals surface area contributed by atoms with Crippen LogP contribution in [0.2, 0.25) is 5.02 Å². The van der Waals surface area contributed by atoms with E-state index in [0.717, 1.165) is 12.2 Å². The zero-order chi connectivity index (χ0) is 14.4. The first-order valence-electron chi connectivity index (χ1n) is 6.58. The Hall–Kier alpha value is -1.65. The zero-order valence-electron chi connectivity index (χ0n) is 11.6. The predicted molar refractivity (Wildman–Crippen MR) is 80.1 cm³/mol. The molecular weight excluding hydrogens is 274 g/mol. The van der Waals surface area contributed by atoms with Crippen molar-refractivity contribution in [2.24, 2.45) is 5.92 Å². The maximum atomic E-state index is 5.82. The van der Waals surface area contributed by atoms with Crippen LogP contribution in [0.3, 0.4) is 0 Å². The minimum absolute atomic E-state index is 0.472. The van der Waals surface area contributed by atoms with E-state index in [-0.39, 0.29) is 0 Å². The van der Waals surface area contributed by atoms with Gasteiger partial charge in [0.2, 0.25) is 5.88 Å². The van der Waals surface area contributed by atoms with Gasteiger partial charge in [0, 0.05) is 11.6 Å². The molecule has 1 aromatic heterocycles. The number of aromatic nitrogens is 2. The summed E-state index contributed by atoms with van der Waals surface area (Å²) in [6.45, 7) is 6.01. The Balaban J connectivity index is 1.89. The van der Waals surface area contributed by atoms with Crippen LogP contribution in [-0.2, 0) is 6.54 Å². The first-order valence-corrected chi connectivity index (χ1v) is 6.96. The lowest BCUT2D eigenvalue weighted by molar-refractivity contribution is 0.458. The van der Waals surface area contributed by atoms with Gasteiger partial charge in [0.25, 0.3) is 0 Å². The lowest BCUT2D eigenvalue weighted by atomic mass is 10.2. The van der Waals surface area contributed by atoms with Gasteiger partial charge in [-0.1, -0.05) is 25.4 Å². The first-order chi connectivity index (χ1) is 9.63. The predicted octanol–water partition coefficient (Wildman–Crippen LogP) is 3.67. The van der Waals surface area contributed by atoms with Crippen molar-refractivity contribution in [1.29, 1.82) is 0 Å². The molecule has 0 saturated heterocycles. The number of nitrogens with one attached hydrogen (secondary N) is 1. The van der Waals surface area contributed by atoms with Crippen molar-refractivity contribution in [3.05, 3.63) is 47.4 Å². The van der Waals surface area contributed by atoms with Crippen LogP contribution in [0.5, 0.6) is 11.6 Å². The molecule has 106 valence electrons. The Kier molecular flexibility index (Phi) is 5.32. The quantitative estimate of drug-likeness (QED) is 0.882. The van der Waals surface area contributed by atoms with Gasteiger partial charge in [0.1, 0.15) is 5.75 Å². The zero-order valence-corrected chi connectivity index (χ0v) is 12.4. The molecule has 2 aromatic rings. The molecule has 0 aliphatic rings. The number of ether oxygens (including phenoxy) is 1. The van der Waals surface area contributed by atoms with Crippen LogP contribution in [0.15, 0.2) is 36.7 Å². The molecule has 0 amide bonds. The SMILES string of the molecule is CC(C)CNCc1cnc(Oc2ccc(Cl)cc2)cn1. The lowest BCUT2D eigenvalue weighted by Crippen LogP contribution is -2.19. The third-order valence-electron chi connectivity index (χ3n) is 2.58. The number of halogens is 1. The van der Waals surface area contributed by atoms with Crippen molar-refractivity contribution in [3.63, 3.8) is 0 Å².